The van der Waals surface area contributed by atoms with Gasteiger partial charge in [-0.2, -0.15) is 0 Å². The molecule has 0 spiro atoms. The Balaban J connectivity index is 1.96. The molecule has 1 unspecified atom stereocenters. The molecule has 1 rings (SSSR count). The molecule has 0 aliphatic rings. The molecule has 0 saturated heterocycles. The molecule has 6 amide bonds. The Morgan fingerprint density at radius 3 is 1.30 bits per heavy atom. The summed E-state index contributed by atoms with van der Waals surface area (Å²) in [7, 11) is 0. The highest BCUT2D eigenvalue weighted by molar-refractivity contribution is 5.98. The zero-order valence-corrected chi connectivity index (χ0v) is 51.1. The second-order valence-electron chi connectivity index (χ2n) is 19.5. The molecule has 0 bridgehead atoms. The summed E-state index contributed by atoms with van der Waals surface area (Å²) in [6, 6.07) is 2.45. The monoisotopic (exact) mass is 1270 g/mol. The van der Waals surface area contributed by atoms with Gasteiger partial charge in [0.25, 0.3) is 0 Å². The first-order chi connectivity index (χ1) is 42.5. The first-order valence-electron chi connectivity index (χ1n) is 29.5. The summed E-state index contributed by atoms with van der Waals surface area (Å²) >= 11 is 0. The molecule has 0 heterocycles. The summed E-state index contributed by atoms with van der Waals surface area (Å²) in [6.07, 6.45) is 0.492. The summed E-state index contributed by atoms with van der Waals surface area (Å²) < 4.78 is 70.2. The van der Waals surface area contributed by atoms with Crippen LogP contribution in [-0.4, -0.2) is 277 Å². The SMILES string of the molecule is CC(C)C(NC(=O)[C@@H](N)CCCCNC(=O)CCOCCOCCOCCOCCOCCOCCOCCOCCOCCOCCOCCOCCN(CC(=O)O)CC(=O)O)C(=O)N[C@@H](CCCNC(N)=O)C(=O)Nc1ccc(COC(=O)O)cc1. The van der Waals surface area contributed by atoms with Crippen LogP contribution in [0.15, 0.2) is 24.3 Å². The van der Waals surface area contributed by atoms with Gasteiger partial charge in [-0.1, -0.05) is 26.0 Å². The van der Waals surface area contributed by atoms with Crippen LogP contribution in [0.3, 0.4) is 0 Å². The molecule has 0 aliphatic heterocycles. The van der Waals surface area contributed by atoms with Gasteiger partial charge in [-0.25, -0.2) is 9.59 Å². The molecule has 0 fully saturated rings. The van der Waals surface area contributed by atoms with Crippen LogP contribution in [0.4, 0.5) is 15.3 Å². The zero-order valence-electron chi connectivity index (χ0n) is 51.1. The zero-order chi connectivity index (χ0) is 64.7. The summed E-state index contributed by atoms with van der Waals surface area (Å²) in [5.41, 5.74) is 12.3. The van der Waals surface area contributed by atoms with Crippen molar-refractivity contribution in [3.8, 4) is 0 Å². The van der Waals surface area contributed by atoms with E-state index < -0.39 is 60.0 Å². The average Bonchev–Trinajstić information content (AvgIpc) is 2.90. The highest BCUT2D eigenvalue weighted by Crippen LogP contribution is 2.13. The number of nitrogens with two attached hydrogens (primary N) is 2. The molecule has 1 aromatic rings. The van der Waals surface area contributed by atoms with Crippen LogP contribution in [0.1, 0.15) is 57.9 Å². The van der Waals surface area contributed by atoms with Crippen LogP contribution in [0.5, 0.6) is 0 Å². The number of carboxylic acid groups (broad SMARTS) is 3. The second-order valence-corrected chi connectivity index (χ2v) is 19.5. The number of carboxylic acids is 2. The van der Waals surface area contributed by atoms with Crippen molar-refractivity contribution in [3.63, 3.8) is 0 Å². The number of nitrogens with zero attached hydrogens (tertiary/aromatic N) is 1. The molecule has 0 saturated carbocycles. The fraction of sp³-hybridized carbons (Fsp3) is 0.750. The van der Waals surface area contributed by atoms with Gasteiger partial charge in [-0.05, 0) is 55.7 Å². The van der Waals surface area contributed by atoms with Crippen molar-refractivity contribution in [2.24, 2.45) is 17.4 Å². The Hall–Kier alpha value is -5.98. The van der Waals surface area contributed by atoms with Crippen molar-refractivity contribution >= 4 is 53.4 Å². The van der Waals surface area contributed by atoms with E-state index >= 15 is 0 Å². The maximum absolute atomic E-state index is 13.5. The number of hydrogen-bond acceptors (Lipinski definition) is 23. The summed E-state index contributed by atoms with van der Waals surface area (Å²) in [4.78, 5) is 97.0. The lowest BCUT2D eigenvalue weighted by atomic mass is 10.0. The number of hydrogen-bond donors (Lipinski definition) is 10. The number of benzene rings is 1. The van der Waals surface area contributed by atoms with Crippen LogP contribution in [0.2, 0.25) is 0 Å². The van der Waals surface area contributed by atoms with Gasteiger partial charge in [0.15, 0.2) is 0 Å². The number of primary amides is 1. The highest BCUT2D eigenvalue weighted by atomic mass is 16.7. The fourth-order valence-electron chi connectivity index (χ4n) is 7.31. The van der Waals surface area contributed by atoms with E-state index in [-0.39, 0.29) is 83.5 Å². The lowest BCUT2D eigenvalue weighted by molar-refractivity contribution is -0.142. The predicted molar refractivity (Wildman–Crippen MR) is 314 cm³/mol. The lowest BCUT2D eigenvalue weighted by Gasteiger charge is -2.26. The second kappa shape index (κ2) is 55.1. The number of anilines is 1. The smallest absolute Gasteiger partial charge is 0.480 e. The van der Waals surface area contributed by atoms with Crippen molar-refractivity contribution in [3.05, 3.63) is 29.8 Å². The summed E-state index contributed by atoms with van der Waals surface area (Å²) in [6.45, 7) is 12.3. The van der Waals surface area contributed by atoms with E-state index in [0.29, 0.717) is 176 Å². The minimum atomic E-state index is -1.43. The molecule has 32 heteroatoms. The minimum Gasteiger partial charge on any atom is -0.480 e. The molecule has 32 nitrogen and oxygen atoms in total. The topological polar surface area (TPSA) is 433 Å². The van der Waals surface area contributed by atoms with Crippen LogP contribution in [-0.2, 0) is 97.0 Å². The standard InChI is InChI=1S/C56H98N8O24/c1-43(2)51(54(72)62-47(7-5-14-60-55(58)73)53(71)61-45-10-8-44(9-11-45)42-88-56(74)75)63-52(70)46(57)6-3-4-13-59-48(65)12-16-76-18-20-78-22-24-80-26-28-82-30-32-84-34-36-86-38-39-87-37-35-85-33-31-83-29-27-81-25-23-79-21-19-77-17-15-64(40-49(66)67)41-50(68)69/h8-11,43,46-47,51H,3-7,12-42,57H2,1-2H3,(H,59,65)(H,61,71)(H,62,72)(H,63,70)(H,66,67)(H,68,69)(H,74,75)(H3,58,60,73)/t46-,47-,51?/m0/s1. The third-order valence-corrected chi connectivity index (χ3v) is 11.9. The molecule has 0 aliphatic carbocycles. The average molecular weight is 1270 g/mol. The van der Waals surface area contributed by atoms with Gasteiger partial charge in [-0.15, -0.1) is 0 Å². The van der Waals surface area contributed by atoms with E-state index in [0.717, 1.165) is 0 Å². The largest absolute Gasteiger partial charge is 0.506 e. The molecule has 0 radical (unpaired) electrons. The van der Waals surface area contributed by atoms with Gasteiger partial charge in [0.2, 0.25) is 23.6 Å². The third-order valence-electron chi connectivity index (χ3n) is 11.9. The minimum absolute atomic E-state index is 0.113. The third kappa shape index (κ3) is 49.0. The van der Waals surface area contributed by atoms with Gasteiger partial charge in [0, 0.05) is 31.7 Å². The number of ether oxygens (including phenoxy) is 13. The predicted octanol–water partition coefficient (Wildman–Crippen LogP) is -0.432. The van der Waals surface area contributed by atoms with Crippen LogP contribution in [0, 0.1) is 5.92 Å². The Labute approximate surface area is 514 Å². The fourth-order valence-corrected chi connectivity index (χ4v) is 7.31. The maximum atomic E-state index is 13.5. The van der Waals surface area contributed by atoms with Crippen LogP contribution < -0.4 is 38.1 Å². The molecule has 506 valence electrons. The lowest BCUT2D eigenvalue weighted by Crippen LogP contribution is -2.56. The van der Waals surface area contributed by atoms with Gasteiger partial charge < -0.3 is 115 Å². The van der Waals surface area contributed by atoms with E-state index in [1.165, 1.54) is 4.90 Å². The van der Waals surface area contributed by atoms with Gasteiger partial charge >= 0.3 is 24.1 Å². The number of carbonyl (C=O) groups excluding carboxylic acids is 5. The van der Waals surface area contributed by atoms with Gasteiger partial charge in [-0.3, -0.25) is 33.7 Å². The maximum Gasteiger partial charge on any atom is 0.506 e. The van der Waals surface area contributed by atoms with E-state index in [4.69, 9.17) is 83.6 Å². The van der Waals surface area contributed by atoms with Crippen molar-refractivity contribution in [1.29, 1.82) is 0 Å². The molecule has 0 aromatic heterocycles. The van der Waals surface area contributed by atoms with E-state index in [2.05, 4.69) is 31.3 Å². The first-order valence-corrected chi connectivity index (χ1v) is 29.5. The number of nitrogens with one attached hydrogen (secondary N) is 5. The molecular formula is C56H98N8O24. The Kier molecular flexibility index (Phi) is 50.1. The van der Waals surface area contributed by atoms with Crippen molar-refractivity contribution in [2.45, 2.75) is 77.1 Å². The quantitative estimate of drug-likeness (QED) is 0.0292. The number of amides is 6. The van der Waals surface area contributed by atoms with Gasteiger partial charge in [0.1, 0.15) is 18.7 Å². The molecule has 88 heavy (non-hydrogen) atoms. The van der Waals surface area contributed by atoms with E-state index in [9.17, 15) is 38.4 Å². The number of urea groups is 1. The van der Waals surface area contributed by atoms with E-state index in [1.807, 2.05) is 0 Å². The number of rotatable bonds is 61. The van der Waals surface area contributed by atoms with E-state index in [1.54, 1.807) is 38.1 Å². The Bertz CT molecular complexity index is 2000. The van der Waals surface area contributed by atoms with Crippen LogP contribution >= 0.6 is 0 Å². The van der Waals surface area contributed by atoms with Crippen LogP contribution in [0.25, 0.3) is 0 Å². The number of aliphatic carboxylic acids is 2. The number of carbonyl (C=O) groups is 8. The summed E-state index contributed by atoms with van der Waals surface area (Å²) in [5.74, 6) is -4.52. The van der Waals surface area contributed by atoms with Crippen molar-refractivity contribution in [2.75, 3.05) is 197 Å². The van der Waals surface area contributed by atoms with Crippen molar-refractivity contribution < 1.29 is 115 Å². The Morgan fingerprint density at radius 2 is 0.898 bits per heavy atom. The van der Waals surface area contributed by atoms with Crippen molar-refractivity contribution in [1.82, 2.24) is 26.2 Å². The number of unbranched alkanes of at least 4 members (excludes halogenated alkanes) is 1. The molecular weight excluding hydrogens is 1170 g/mol. The summed E-state index contributed by atoms with van der Waals surface area (Å²) in [5, 5.41) is 39.8. The highest BCUT2D eigenvalue weighted by Gasteiger charge is 2.30. The normalized spacial score (nSPS) is 12.3. The molecule has 3 atom stereocenters. The Morgan fingerprint density at radius 1 is 0.489 bits per heavy atom. The molecule has 12 N–H and O–H groups in total. The first kappa shape index (κ1) is 80.0. The van der Waals surface area contributed by atoms with Gasteiger partial charge in [0.05, 0.1) is 178 Å². The molecule has 1 aromatic carbocycles.